The SMILES string of the molecule is CN(Cc1cccnc1)Cc1c(-c2nc(-c3ccncc3)n[nH]2)nnn1-c1nonc1N.Cl.Cl.Cl. The number of nitrogens with two attached hydrogens (primary N) is 1. The van der Waals surface area contributed by atoms with Gasteiger partial charge in [-0.15, -0.1) is 42.3 Å². The van der Waals surface area contributed by atoms with E-state index in [9.17, 15) is 0 Å². The largest absolute Gasteiger partial charge is 0.378 e. The van der Waals surface area contributed by atoms with Crippen molar-refractivity contribution >= 4 is 43.0 Å². The van der Waals surface area contributed by atoms with Crippen LogP contribution in [0.3, 0.4) is 0 Å². The molecule has 0 radical (unpaired) electrons. The Kier molecular flexibility index (Phi) is 9.59. The summed E-state index contributed by atoms with van der Waals surface area (Å²) in [7, 11) is 1.97. The third-order valence-corrected chi connectivity index (χ3v) is 4.70. The minimum Gasteiger partial charge on any atom is -0.378 e. The van der Waals surface area contributed by atoms with Crippen molar-refractivity contribution in [2.45, 2.75) is 13.1 Å². The van der Waals surface area contributed by atoms with Crippen LogP contribution in [0.2, 0.25) is 0 Å². The Hall–Kier alpha value is -3.65. The predicted molar refractivity (Wildman–Crippen MR) is 133 cm³/mol. The Morgan fingerprint density at radius 1 is 1.03 bits per heavy atom. The van der Waals surface area contributed by atoms with Gasteiger partial charge in [-0.05, 0) is 41.1 Å². The summed E-state index contributed by atoms with van der Waals surface area (Å²) in [4.78, 5) is 14.9. The highest BCUT2D eigenvalue weighted by atomic mass is 35.5. The van der Waals surface area contributed by atoms with Crippen LogP contribution >= 0.6 is 37.2 Å². The van der Waals surface area contributed by atoms with Crippen molar-refractivity contribution in [2.24, 2.45) is 0 Å². The first-order valence-electron chi connectivity index (χ1n) is 9.62. The van der Waals surface area contributed by atoms with Gasteiger partial charge >= 0.3 is 0 Å². The second-order valence-corrected chi connectivity index (χ2v) is 7.05. The maximum Gasteiger partial charge on any atom is 0.243 e. The molecule has 3 N–H and O–H groups in total. The third-order valence-electron chi connectivity index (χ3n) is 4.70. The maximum absolute atomic E-state index is 5.90. The van der Waals surface area contributed by atoms with Gasteiger partial charge in [0.15, 0.2) is 17.3 Å². The number of rotatable bonds is 7. The van der Waals surface area contributed by atoms with E-state index in [1.165, 1.54) is 4.68 Å². The lowest BCUT2D eigenvalue weighted by Crippen LogP contribution is -2.20. The van der Waals surface area contributed by atoms with Crippen molar-refractivity contribution < 1.29 is 4.63 Å². The highest BCUT2D eigenvalue weighted by molar-refractivity contribution is 5.86. The lowest BCUT2D eigenvalue weighted by atomic mass is 10.2. The van der Waals surface area contributed by atoms with Gasteiger partial charge in [0.2, 0.25) is 11.6 Å². The first kappa shape index (κ1) is 27.6. The third kappa shape index (κ3) is 5.89. The summed E-state index contributed by atoms with van der Waals surface area (Å²) >= 11 is 0. The number of hydrogen-bond donors (Lipinski definition) is 2. The molecule has 13 nitrogen and oxygen atoms in total. The first-order valence-corrected chi connectivity index (χ1v) is 9.62. The van der Waals surface area contributed by atoms with Crippen LogP contribution in [0.15, 0.2) is 53.7 Å². The monoisotopic (exact) mass is 538 g/mol. The van der Waals surface area contributed by atoms with Crippen LogP contribution in [0.4, 0.5) is 5.82 Å². The minimum atomic E-state index is 0. The predicted octanol–water partition coefficient (Wildman–Crippen LogP) is 2.37. The molecule has 184 valence electrons. The van der Waals surface area contributed by atoms with Gasteiger partial charge in [0.05, 0.1) is 5.69 Å². The number of anilines is 1. The van der Waals surface area contributed by atoms with E-state index in [2.05, 4.69) is 50.7 Å². The van der Waals surface area contributed by atoms with Crippen LogP contribution in [0.1, 0.15) is 11.3 Å². The Morgan fingerprint density at radius 2 is 1.83 bits per heavy atom. The fourth-order valence-corrected chi connectivity index (χ4v) is 3.25. The molecule has 35 heavy (non-hydrogen) atoms. The fraction of sp³-hybridized carbons (Fsp3) is 0.158. The van der Waals surface area contributed by atoms with Gasteiger partial charge < -0.3 is 5.73 Å². The Labute approximate surface area is 217 Å². The molecule has 5 aromatic heterocycles. The Balaban J connectivity index is 0.00000144. The summed E-state index contributed by atoms with van der Waals surface area (Å²) in [5.41, 5.74) is 9.00. The molecule has 5 heterocycles. The van der Waals surface area contributed by atoms with E-state index in [0.717, 1.165) is 11.1 Å². The van der Waals surface area contributed by atoms with E-state index < -0.39 is 0 Å². The Bertz CT molecular complexity index is 1330. The molecule has 0 atom stereocenters. The molecular weight excluding hydrogens is 519 g/mol. The van der Waals surface area contributed by atoms with Crippen LogP contribution in [-0.2, 0) is 13.1 Å². The van der Waals surface area contributed by atoms with Gasteiger partial charge in [-0.25, -0.2) is 9.61 Å². The first-order chi connectivity index (χ1) is 15.7. The highest BCUT2D eigenvalue weighted by Crippen LogP contribution is 2.25. The molecule has 5 aromatic rings. The number of halogens is 3. The van der Waals surface area contributed by atoms with Crippen molar-refractivity contribution in [1.82, 2.24) is 55.4 Å². The van der Waals surface area contributed by atoms with Crippen molar-refractivity contribution in [3.05, 3.63) is 60.3 Å². The summed E-state index contributed by atoms with van der Waals surface area (Å²) in [6, 6.07) is 7.57. The average molecular weight is 540 g/mol. The van der Waals surface area contributed by atoms with Crippen molar-refractivity contribution in [3.8, 4) is 28.7 Å². The summed E-state index contributed by atoms with van der Waals surface area (Å²) in [5, 5.41) is 23.3. The van der Waals surface area contributed by atoms with Gasteiger partial charge in [-0.1, -0.05) is 11.3 Å². The molecule has 0 spiro atoms. The number of pyridine rings is 2. The van der Waals surface area contributed by atoms with E-state index >= 15 is 0 Å². The summed E-state index contributed by atoms with van der Waals surface area (Å²) < 4.78 is 6.25. The topological polar surface area (TPSA) is 166 Å². The fourth-order valence-electron chi connectivity index (χ4n) is 3.25. The van der Waals surface area contributed by atoms with Crippen LogP contribution in [-0.4, -0.2) is 62.4 Å². The van der Waals surface area contributed by atoms with Crippen molar-refractivity contribution in [2.75, 3.05) is 12.8 Å². The average Bonchev–Trinajstić information content (AvgIpc) is 3.55. The molecule has 0 unspecified atom stereocenters. The summed E-state index contributed by atoms with van der Waals surface area (Å²) in [6.45, 7) is 1.11. The normalized spacial score (nSPS) is 10.3. The molecule has 0 saturated carbocycles. The maximum atomic E-state index is 5.90. The summed E-state index contributed by atoms with van der Waals surface area (Å²) in [6.07, 6.45) is 6.93. The zero-order valence-electron chi connectivity index (χ0n) is 18.2. The molecule has 0 aliphatic rings. The number of nitrogens with one attached hydrogen (secondary N) is 1. The molecule has 0 saturated heterocycles. The smallest absolute Gasteiger partial charge is 0.243 e. The standard InChI is InChI=1S/C19H18N12O.3ClH/c1-30(10-12-3-2-6-22-9-12)11-14-15(24-29-31(14)19-16(20)27-32-28-19)18-23-17(25-26-18)13-4-7-21-8-5-13;;;/h2-9H,10-11H2,1H3,(H2,20,27)(H,23,25,26);3*1H. The van der Waals surface area contributed by atoms with Gasteiger partial charge in [-0.3, -0.25) is 20.0 Å². The molecule has 0 aliphatic heterocycles. The second kappa shape index (κ2) is 12.2. The van der Waals surface area contributed by atoms with Gasteiger partial charge in [0.25, 0.3) is 0 Å². The molecule has 0 aromatic carbocycles. The van der Waals surface area contributed by atoms with E-state index in [-0.39, 0.29) is 48.9 Å². The summed E-state index contributed by atoms with van der Waals surface area (Å²) in [5.74, 6) is 1.34. The van der Waals surface area contributed by atoms with E-state index in [1.54, 1.807) is 18.6 Å². The molecule has 0 fully saturated rings. The van der Waals surface area contributed by atoms with E-state index in [4.69, 9.17) is 10.4 Å². The lowest BCUT2D eigenvalue weighted by molar-refractivity contribution is 0.301. The lowest BCUT2D eigenvalue weighted by Gasteiger charge is -2.17. The van der Waals surface area contributed by atoms with Crippen LogP contribution in [0, 0.1) is 0 Å². The highest BCUT2D eigenvalue weighted by Gasteiger charge is 2.24. The van der Waals surface area contributed by atoms with Gasteiger partial charge in [-0.2, -0.15) is 9.78 Å². The molecular formula is C19H21Cl3N12O. The quantitative estimate of drug-likeness (QED) is 0.311. The van der Waals surface area contributed by atoms with Crippen LogP contribution in [0.25, 0.3) is 28.7 Å². The van der Waals surface area contributed by atoms with Crippen LogP contribution < -0.4 is 5.73 Å². The zero-order valence-corrected chi connectivity index (χ0v) is 20.7. The van der Waals surface area contributed by atoms with Crippen molar-refractivity contribution in [1.29, 1.82) is 0 Å². The zero-order chi connectivity index (χ0) is 21.9. The number of nitrogen functional groups attached to an aromatic ring is 1. The molecule has 0 amide bonds. The molecule has 0 aliphatic carbocycles. The number of hydrogen-bond acceptors (Lipinski definition) is 11. The van der Waals surface area contributed by atoms with Gasteiger partial charge in [0, 0.05) is 43.4 Å². The number of aromatic nitrogens is 10. The second-order valence-electron chi connectivity index (χ2n) is 7.05. The number of nitrogens with zero attached hydrogens (tertiary/aromatic N) is 10. The van der Waals surface area contributed by atoms with Gasteiger partial charge in [0.1, 0.15) is 0 Å². The van der Waals surface area contributed by atoms with E-state index in [1.807, 2.05) is 37.5 Å². The number of H-pyrrole nitrogens is 1. The minimum absolute atomic E-state index is 0. The van der Waals surface area contributed by atoms with Crippen LogP contribution in [0.5, 0.6) is 0 Å². The van der Waals surface area contributed by atoms with E-state index in [0.29, 0.717) is 36.1 Å². The molecule has 0 bridgehead atoms. The molecule has 5 rings (SSSR count). The Morgan fingerprint density at radius 3 is 2.51 bits per heavy atom. The number of aromatic amines is 1. The molecule has 16 heteroatoms. The van der Waals surface area contributed by atoms with Crippen molar-refractivity contribution in [3.63, 3.8) is 0 Å².